The largest absolute Gasteiger partial charge is 0.466 e. The number of nitrogens with one attached hydrogen (secondary N) is 1. The van der Waals surface area contributed by atoms with E-state index in [4.69, 9.17) is 4.42 Å². The minimum absolute atomic E-state index is 0.113. The van der Waals surface area contributed by atoms with Crippen molar-refractivity contribution in [1.82, 2.24) is 0 Å². The zero-order chi connectivity index (χ0) is 15.9. The first-order valence-corrected chi connectivity index (χ1v) is 8.07. The normalized spacial score (nSPS) is 10.7. The summed E-state index contributed by atoms with van der Waals surface area (Å²) in [5.74, 6) is 1.30. The van der Waals surface area contributed by atoms with E-state index in [0.29, 0.717) is 11.3 Å². The van der Waals surface area contributed by atoms with Crippen molar-refractivity contribution in [3.63, 3.8) is 0 Å². The van der Waals surface area contributed by atoms with Gasteiger partial charge >= 0.3 is 0 Å². The topological polar surface area (TPSA) is 42.2 Å². The predicted molar refractivity (Wildman–Crippen MR) is 90.4 cm³/mol. The molecule has 0 spiro atoms. The van der Waals surface area contributed by atoms with E-state index in [0.717, 1.165) is 17.9 Å². The van der Waals surface area contributed by atoms with Crippen LogP contribution in [0.2, 0.25) is 0 Å². The fraction of sp³-hybridized carbons (Fsp3) is 0.421. The fourth-order valence-corrected chi connectivity index (χ4v) is 2.62. The molecule has 0 atom stereocenters. The lowest BCUT2D eigenvalue weighted by Crippen LogP contribution is -2.12. The van der Waals surface area contributed by atoms with Crippen LogP contribution in [0.1, 0.15) is 60.0 Å². The Morgan fingerprint density at radius 1 is 1.14 bits per heavy atom. The summed E-state index contributed by atoms with van der Waals surface area (Å²) in [6.07, 6.45) is 6.06. The number of aryl methyl sites for hydroxylation is 3. The Kier molecular flexibility index (Phi) is 5.82. The van der Waals surface area contributed by atoms with Crippen molar-refractivity contribution in [3.05, 3.63) is 53.0 Å². The second-order valence-electron chi connectivity index (χ2n) is 5.79. The lowest BCUT2D eigenvalue weighted by Gasteiger charge is -2.07. The standard InChI is InChI=1S/C19H25NO2/c1-4-5-6-7-9-16-10-8-11-17(13-16)20-19(21)18-12-14(2)22-15(18)3/h8,10-13H,4-7,9H2,1-3H3,(H,20,21). The van der Waals surface area contributed by atoms with Crippen molar-refractivity contribution in [3.8, 4) is 0 Å². The highest BCUT2D eigenvalue weighted by Gasteiger charge is 2.13. The van der Waals surface area contributed by atoms with Crippen LogP contribution in [0.25, 0.3) is 0 Å². The zero-order valence-corrected chi connectivity index (χ0v) is 13.7. The molecule has 2 rings (SSSR count). The van der Waals surface area contributed by atoms with Gasteiger partial charge in [-0.05, 0) is 50.5 Å². The number of unbranched alkanes of at least 4 members (excludes halogenated alkanes) is 3. The molecule has 0 saturated heterocycles. The van der Waals surface area contributed by atoms with Crippen LogP contribution in [0.3, 0.4) is 0 Å². The van der Waals surface area contributed by atoms with Gasteiger partial charge in [0, 0.05) is 5.69 Å². The van der Waals surface area contributed by atoms with Crippen molar-refractivity contribution in [2.24, 2.45) is 0 Å². The Labute approximate surface area is 132 Å². The highest BCUT2D eigenvalue weighted by molar-refractivity contribution is 6.05. The van der Waals surface area contributed by atoms with Gasteiger partial charge in [-0.15, -0.1) is 0 Å². The average molecular weight is 299 g/mol. The van der Waals surface area contributed by atoms with E-state index in [9.17, 15) is 4.79 Å². The first-order chi connectivity index (χ1) is 10.6. The van der Waals surface area contributed by atoms with Gasteiger partial charge in [-0.25, -0.2) is 0 Å². The number of benzene rings is 1. The number of amides is 1. The van der Waals surface area contributed by atoms with E-state index < -0.39 is 0 Å². The lowest BCUT2D eigenvalue weighted by molar-refractivity contribution is 0.102. The quantitative estimate of drug-likeness (QED) is 0.707. The van der Waals surface area contributed by atoms with E-state index in [2.05, 4.69) is 24.4 Å². The molecule has 0 unspecified atom stereocenters. The van der Waals surface area contributed by atoms with Gasteiger partial charge in [-0.1, -0.05) is 38.3 Å². The number of carbonyl (C=O) groups excluding carboxylic acids is 1. The van der Waals surface area contributed by atoms with Crippen LogP contribution >= 0.6 is 0 Å². The van der Waals surface area contributed by atoms with Crippen LogP contribution in [0.4, 0.5) is 5.69 Å². The summed E-state index contributed by atoms with van der Waals surface area (Å²) >= 11 is 0. The molecule has 1 aromatic carbocycles. The Balaban J connectivity index is 1.98. The minimum atomic E-state index is -0.113. The Morgan fingerprint density at radius 3 is 2.64 bits per heavy atom. The molecule has 0 aliphatic rings. The highest BCUT2D eigenvalue weighted by atomic mass is 16.3. The van der Waals surface area contributed by atoms with Gasteiger partial charge in [0.2, 0.25) is 0 Å². The molecule has 3 heteroatoms. The molecule has 0 bridgehead atoms. The predicted octanol–water partition coefficient (Wildman–Crippen LogP) is 5.27. The maximum absolute atomic E-state index is 12.3. The SMILES string of the molecule is CCCCCCc1cccc(NC(=O)c2cc(C)oc2C)c1. The summed E-state index contributed by atoms with van der Waals surface area (Å²) in [5.41, 5.74) is 2.72. The molecule has 22 heavy (non-hydrogen) atoms. The molecule has 0 saturated carbocycles. The molecule has 1 amide bonds. The molecule has 3 nitrogen and oxygen atoms in total. The van der Waals surface area contributed by atoms with Gasteiger partial charge < -0.3 is 9.73 Å². The molecule has 1 aromatic heterocycles. The number of hydrogen-bond acceptors (Lipinski definition) is 2. The number of furan rings is 1. The van der Waals surface area contributed by atoms with Gasteiger partial charge in [0.05, 0.1) is 5.56 Å². The van der Waals surface area contributed by atoms with Gasteiger partial charge in [0.15, 0.2) is 0 Å². The summed E-state index contributed by atoms with van der Waals surface area (Å²) in [5, 5.41) is 2.96. The Hall–Kier alpha value is -2.03. The number of rotatable bonds is 7. The van der Waals surface area contributed by atoms with Crippen LogP contribution < -0.4 is 5.32 Å². The van der Waals surface area contributed by atoms with E-state index in [1.807, 2.05) is 26.0 Å². The van der Waals surface area contributed by atoms with Crippen molar-refractivity contribution in [1.29, 1.82) is 0 Å². The summed E-state index contributed by atoms with van der Waals surface area (Å²) < 4.78 is 5.41. The van der Waals surface area contributed by atoms with Crippen molar-refractivity contribution < 1.29 is 9.21 Å². The van der Waals surface area contributed by atoms with E-state index >= 15 is 0 Å². The van der Waals surface area contributed by atoms with Crippen molar-refractivity contribution >= 4 is 11.6 Å². The van der Waals surface area contributed by atoms with Crippen LogP contribution in [0.5, 0.6) is 0 Å². The smallest absolute Gasteiger partial charge is 0.259 e. The second kappa shape index (κ2) is 7.83. The lowest BCUT2D eigenvalue weighted by atomic mass is 10.1. The van der Waals surface area contributed by atoms with Gasteiger partial charge in [0.25, 0.3) is 5.91 Å². The molecular weight excluding hydrogens is 274 g/mol. The van der Waals surface area contributed by atoms with Gasteiger partial charge in [-0.3, -0.25) is 4.79 Å². The Morgan fingerprint density at radius 2 is 1.95 bits per heavy atom. The summed E-state index contributed by atoms with van der Waals surface area (Å²) in [6.45, 7) is 5.88. The van der Waals surface area contributed by atoms with Crippen LogP contribution in [0, 0.1) is 13.8 Å². The minimum Gasteiger partial charge on any atom is -0.466 e. The third-order valence-corrected chi connectivity index (χ3v) is 3.79. The molecular formula is C19H25NO2. The zero-order valence-electron chi connectivity index (χ0n) is 13.7. The van der Waals surface area contributed by atoms with Crippen molar-refractivity contribution in [2.45, 2.75) is 52.9 Å². The van der Waals surface area contributed by atoms with E-state index in [1.165, 1.54) is 31.2 Å². The summed E-state index contributed by atoms with van der Waals surface area (Å²) in [6, 6.07) is 9.88. The van der Waals surface area contributed by atoms with Crippen LogP contribution in [-0.2, 0) is 6.42 Å². The van der Waals surface area contributed by atoms with Gasteiger partial charge in [-0.2, -0.15) is 0 Å². The Bertz CT molecular complexity index is 628. The fourth-order valence-electron chi connectivity index (χ4n) is 2.62. The molecule has 118 valence electrons. The van der Waals surface area contributed by atoms with Gasteiger partial charge in [0.1, 0.15) is 11.5 Å². The average Bonchev–Trinajstić information content (AvgIpc) is 2.83. The number of carbonyl (C=O) groups is 1. The molecule has 1 heterocycles. The van der Waals surface area contributed by atoms with Crippen molar-refractivity contribution in [2.75, 3.05) is 5.32 Å². The number of hydrogen-bond donors (Lipinski definition) is 1. The summed E-state index contributed by atoms with van der Waals surface area (Å²) in [4.78, 5) is 12.3. The van der Waals surface area contributed by atoms with E-state index in [1.54, 1.807) is 6.07 Å². The van der Waals surface area contributed by atoms with Crippen LogP contribution in [0.15, 0.2) is 34.7 Å². The third-order valence-electron chi connectivity index (χ3n) is 3.79. The highest BCUT2D eigenvalue weighted by Crippen LogP contribution is 2.18. The first-order valence-electron chi connectivity index (χ1n) is 8.07. The monoisotopic (exact) mass is 299 g/mol. The molecule has 2 aromatic rings. The maximum Gasteiger partial charge on any atom is 0.259 e. The molecule has 0 aliphatic heterocycles. The maximum atomic E-state index is 12.3. The third kappa shape index (κ3) is 4.48. The first kappa shape index (κ1) is 16.3. The molecule has 0 radical (unpaired) electrons. The summed E-state index contributed by atoms with van der Waals surface area (Å²) in [7, 11) is 0. The molecule has 0 aliphatic carbocycles. The number of anilines is 1. The van der Waals surface area contributed by atoms with E-state index in [-0.39, 0.29) is 5.91 Å². The second-order valence-corrected chi connectivity index (χ2v) is 5.79. The molecule has 0 fully saturated rings. The molecule has 1 N–H and O–H groups in total. The van der Waals surface area contributed by atoms with Crippen LogP contribution in [-0.4, -0.2) is 5.91 Å².